The Balaban J connectivity index is 1.61. The summed E-state index contributed by atoms with van der Waals surface area (Å²) in [6.45, 7) is -0.174. The average Bonchev–Trinajstić information content (AvgIpc) is 3.28. The van der Waals surface area contributed by atoms with Gasteiger partial charge >= 0.3 is 0 Å². The van der Waals surface area contributed by atoms with Crippen LogP contribution in [0.15, 0.2) is 76.2 Å². The van der Waals surface area contributed by atoms with Crippen molar-refractivity contribution in [1.82, 2.24) is 19.7 Å². The molecule has 6 rings (SSSR count). The number of nitrogens with zero attached hydrogens (tertiary/aromatic N) is 4. The maximum Gasteiger partial charge on any atom is 0.203 e. The molecule has 39 heavy (non-hydrogen) atoms. The number of rotatable bonds is 5. The average molecular weight is 529 g/mol. The van der Waals surface area contributed by atoms with Crippen LogP contribution in [0.2, 0.25) is 0 Å². The highest BCUT2D eigenvalue weighted by Crippen LogP contribution is 2.34. The molecule has 0 bridgehead atoms. The minimum Gasteiger partial charge on any atom is -0.497 e. The Morgan fingerprint density at radius 1 is 0.949 bits per heavy atom. The van der Waals surface area contributed by atoms with Gasteiger partial charge in [0.25, 0.3) is 0 Å². The molecule has 0 spiro atoms. The van der Waals surface area contributed by atoms with Crippen LogP contribution >= 0.6 is 0 Å². The largest absolute Gasteiger partial charge is 0.497 e. The number of aromatic nitrogens is 4. The fourth-order valence-electron chi connectivity index (χ4n) is 4.59. The Kier molecular flexibility index (Phi) is 5.75. The molecular weight excluding hydrogens is 511 g/mol. The molecule has 0 saturated heterocycles. The topological polar surface area (TPSA) is 109 Å². The number of hydrogen-bond donors (Lipinski definition) is 1. The molecular formula is C28H18F3N5O3. The van der Waals surface area contributed by atoms with Crippen molar-refractivity contribution in [2.24, 2.45) is 0 Å². The predicted molar refractivity (Wildman–Crippen MR) is 139 cm³/mol. The van der Waals surface area contributed by atoms with Crippen LogP contribution in [-0.4, -0.2) is 26.9 Å². The third-order valence-electron chi connectivity index (χ3n) is 6.29. The van der Waals surface area contributed by atoms with Crippen molar-refractivity contribution >= 4 is 27.8 Å². The zero-order valence-corrected chi connectivity index (χ0v) is 20.3. The molecule has 0 aliphatic rings. The quantitative estimate of drug-likeness (QED) is 0.322. The van der Waals surface area contributed by atoms with Gasteiger partial charge in [-0.2, -0.15) is 5.10 Å². The first-order valence-corrected chi connectivity index (χ1v) is 11.7. The van der Waals surface area contributed by atoms with E-state index in [2.05, 4.69) is 15.1 Å². The summed E-state index contributed by atoms with van der Waals surface area (Å²) in [4.78, 5) is 21.9. The van der Waals surface area contributed by atoms with Crippen molar-refractivity contribution in [3.8, 4) is 28.1 Å². The Morgan fingerprint density at radius 3 is 2.54 bits per heavy atom. The van der Waals surface area contributed by atoms with E-state index < -0.39 is 22.9 Å². The van der Waals surface area contributed by atoms with Crippen molar-refractivity contribution in [3.05, 3.63) is 100 Å². The second kappa shape index (κ2) is 9.28. The second-order valence-electron chi connectivity index (χ2n) is 8.70. The first-order valence-electron chi connectivity index (χ1n) is 11.7. The fourth-order valence-corrected chi connectivity index (χ4v) is 4.59. The fraction of sp³-hybridized carbons (Fsp3) is 0.0714. The molecule has 0 radical (unpaired) electrons. The Morgan fingerprint density at radius 2 is 1.74 bits per heavy atom. The predicted octanol–water partition coefficient (Wildman–Crippen LogP) is 5.32. The highest BCUT2D eigenvalue weighted by Gasteiger charge is 2.23. The van der Waals surface area contributed by atoms with Crippen molar-refractivity contribution in [2.45, 2.75) is 6.54 Å². The molecule has 3 heterocycles. The molecule has 0 atom stereocenters. The van der Waals surface area contributed by atoms with Gasteiger partial charge in [-0.05, 0) is 42.0 Å². The lowest BCUT2D eigenvalue weighted by atomic mass is 10.0. The normalized spacial score (nSPS) is 11.4. The molecule has 0 aliphatic heterocycles. The number of nitrogen functional groups attached to an aromatic ring is 1. The molecule has 2 N–H and O–H groups in total. The highest BCUT2D eigenvalue weighted by atomic mass is 19.1. The summed E-state index contributed by atoms with van der Waals surface area (Å²) in [6.07, 6.45) is 1.24. The first kappa shape index (κ1) is 24.2. The van der Waals surface area contributed by atoms with E-state index in [1.165, 1.54) is 60.6 Å². The number of anilines is 1. The standard InChI is InChI=1S/C28H18F3N5O3/c1-38-18-10-15(9-17(30)11-18)25-24-27(32)33-13-34-28(24)36(35-25)12-21-22(14-4-2-5-16(29)8-14)26(37)23-19(31)6-3-7-20(23)39-21/h2-11,13H,12H2,1H3,(H2,32,33,34). The lowest BCUT2D eigenvalue weighted by molar-refractivity contribution is 0.411. The molecule has 0 unspecified atom stereocenters. The van der Waals surface area contributed by atoms with Crippen molar-refractivity contribution in [1.29, 1.82) is 0 Å². The van der Waals surface area contributed by atoms with Crippen molar-refractivity contribution in [3.63, 3.8) is 0 Å². The van der Waals surface area contributed by atoms with Gasteiger partial charge in [-0.3, -0.25) is 4.79 Å². The van der Waals surface area contributed by atoms with Crippen molar-refractivity contribution < 1.29 is 22.3 Å². The monoisotopic (exact) mass is 529 g/mol. The summed E-state index contributed by atoms with van der Waals surface area (Å²) in [5, 5.41) is 4.69. The molecule has 0 amide bonds. The van der Waals surface area contributed by atoms with Gasteiger partial charge in [0.2, 0.25) is 5.43 Å². The van der Waals surface area contributed by atoms with Crippen molar-refractivity contribution in [2.75, 3.05) is 12.8 Å². The summed E-state index contributed by atoms with van der Waals surface area (Å²) in [5.74, 6) is -1.47. The summed E-state index contributed by atoms with van der Waals surface area (Å²) in [6, 6.07) is 13.4. The van der Waals surface area contributed by atoms with Gasteiger partial charge in [-0.25, -0.2) is 27.8 Å². The van der Waals surface area contributed by atoms with Gasteiger partial charge in [-0.1, -0.05) is 18.2 Å². The summed E-state index contributed by atoms with van der Waals surface area (Å²) in [7, 11) is 1.41. The zero-order valence-electron chi connectivity index (χ0n) is 20.3. The van der Waals surface area contributed by atoms with Crippen LogP contribution in [0.25, 0.3) is 44.4 Å². The number of ether oxygens (including phenoxy) is 1. The van der Waals surface area contributed by atoms with E-state index >= 15 is 0 Å². The van der Waals surface area contributed by atoms with Crippen LogP contribution in [0.4, 0.5) is 19.0 Å². The Bertz CT molecular complexity index is 1970. The third kappa shape index (κ3) is 4.13. The number of fused-ring (bicyclic) bond motifs is 2. The van der Waals surface area contributed by atoms with Crippen LogP contribution in [0.3, 0.4) is 0 Å². The number of hydrogen-bond acceptors (Lipinski definition) is 7. The summed E-state index contributed by atoms with van der Waals surface area (Å²) < 4.78 is 55.9. The molecule has 8 nitrogen and oxygen atoms in total. The highest BCUT2D eigenvalue weighted by molar-refractivity contribution is 5.98. The van der Waals surface area contributed by atoms with Gasteiger partial charge in [0.15, 0.2) is 5.65 Å². The third-order valence-corrected chi connectivity index (χ3v) is 6.29. The van der Waals surface area contributed by atoms with E-state index in [0.717, 1.165) is 12.1 Å². The lowest BCUT2D eigenvalue weighted by Crippen LogP contribution is -2.14. The summed E-state index contributed by atoms with van der Waals surface area (Å²) >= 11 is 0. The summed E-state index contributed by atoms with van der Waals surface area (Å²) in [5.41, 5.74) is 6.57. The van der Waals surface area contributed by atoms with E-state index in [1.807, 2.05) is 0 Å². The molecule has 0 saturated carbocycles. The van der Waals surface area contributed by atoms with Crippen LogP contribution in [0, 0.1) is 17.5 Å². The molecule has 3 aromatic carbocycles. The van der Waals surface area contributed by atoms with E-state index in [4.69, 9.17) is 14.9 Å². The van der Waals surface area contributed by atoms with Gasteiger partial charge in [0.1, 0.15) is 64.3 Å². The lowest BCUT2D eigenvalue weighted by Gasteiger charge is -2.11. The van der Waals surface area contributed by atoms with Crippen LogP contribution < -0.4 is 15.9 Å². The molecule has 6 aromatic rings. The zero-order chi connectivity index (χ0) is 27.3. The van der Waals surface area contributed by atoms with Gasteiger partial charge < -0.3 is 14.9 Å². The SMILES string of the molecule is COc1cc(F)cc(-c2nn(Cc3oc4cccc(F)c4c(=O)c3-c3cccc(F)c3)c3ncnc(N)c23)c1. The molecule has 194 valence electrons. The molecule has 3 aromatic heterocycles. The van der Waals surface area contributed by atoms with Gasteiger partial charge in [0, 0.05) is 11.6 Å². The maximum absolute atomic E-state index is 14.7. The van der Waals surface area contributed by atoms with Gasteiger partial charge in [-0.15, -0.1) is 0 Å². The van der Waals surface area contributed by atoms with Gasteiger partial charge in [0.05, 0.1) is 18.1 Å². The maximum atomic E-state index is 14.7. The Hall–Kier alpha value is -5.19. The number of halogens is 3. The van der Waals surface area contributed by atoms with Crippen LogP contribution in [0.1, 0.15) is 5.76 Å². The Labute approximate surface area is 218 Å². The first-order chi connectivity index (χ1) is 18.8. The number of nitrogens with two attached hydrogens (primary N) is 1. The van der Waals surface area contributed by atoms with E-state index in [0.29, 0.717) is 10.9 Å². The molecule has 0 fully saturated rings. The van der Waals surface area contributed by atoms with E-state index in [-0.39, 0.29) is 57.3 Å². The smallest absolute Gasteiger partial charge is 0.203 e. The minimum atomic E-state index is -0.766. The van der Waals surface area contributed by atoms with Crippen LogP contribution in [0.5, 0.6) is 5.75 Å². The van der Waals surface area contributed by atoms with E-state index in [9.17, 15) is 18.0 Å². The molecule has 0 aliphatic carbocycles. The number of methoxy groups -OCH3 is 1. The molecule has 11 heteroatoms. The minimum absolute atomic E-state index is 0.0100. The second-order valence-corrected chi connectivity index (χ2v) is 8.70. The van der Waals surface area contributed by atoms with Crippen LogP contribution in [-0.2, 0) is 6.54 Å². The van der Waals surface area contributed by atoms with E-state index in [1.54, 1.807) is 6.07 Å². The number of benzene rings is 3.